The minimum absolute atomic E-state index is 0.110. The first-order valence-corrected chi connectivity index (χ1v) is 9.84. The Hall–Kier alpha value is -3.08. The van der Waals surface area contributed by atoms with Crippen molar-refractivity contribution < 1.29 is 19.1 Å². The largest absolute Gasteiger partial charge is 0.497 e. The molecule has 0 bridgehead atoms. The lowest BCUT2D eigenvalue weighted by molar-refractivity contribution is -0.146. The molecule has 5 heteroatoms. The molecule has 0 aromatic heterocycles. The number of allylic oxidation sites excluding steroid dienone is 1. The zero-order valence-electron chi connectivity index (χ0n) is 16.6. The number of carbonyl (C=O) groups excluding carboxylic acids is 2. The Morgan fingerprint density at radius 2 is 2.03 bits per heavy atom. The number of amides is 1. The molecule has 1 aliphatic heterocycles. The van der Waals surface area contributed by atoms with Crippen molar-refractivity contribution in [2.45, 2.75) is 25.8 Å². The van der Waals surface area contributed by atoms with Gasteiger partial charge in [-0.15, -0.1) is 0 Å². The van der Waals surface area contributed by atoms with Crippen molar-refractivity contribution in [2.75, 3.05) is 13.7 Å². The van der Waals surface area contributed by atoms with E-state index < -0.39 is 5.41 Å². The monoisotopic (exact) mass is 391 g/mol. The molecular weight excluding hydrogens is 366 g/mol. The van der Waals surface area contributed by atoms with Gasteiger partial charge in [-0.05, 0) is 54.7 Å². The lowest BCUT2D eigenvalue weighted by Crippen LogP contribution is -2.31. The minimum atomic E-state index is -0.479. The molecule has 4 rings (SSSR count). The van der Waals surface area contributed by atoms with Crippen molar-refractivity contribution in [3.8, 4) is 5.75 Å². The molecule has 1 N–H and O–H groups in total. The Morgan fingerprint density at radius 3 is 2.79 bits per heavy atom. The number of benzene rings is 2. The lowest BCUT2D eigenvalue weighted by atomic mass is 9.75. The van der Waals surface area contributed by atoms with Crippen LogP contribution in [0.25, 0.3) is 0 Å². The first-order chi connectivity index (χ1) is 14.0. The number of fused-ring (bicyclic) bond motifs is 1. The molecule has 29 heavy (non-hydrogen) atoms. The number of rotatable bonds is 6. The van der Waals surface area contributed by atoms with Crippen LogP contribution in [0.5, 0.6) is 5.75 Å². The second-order valence-electron chi connectivity index (χ2n) is 7.99. The summed E-state index contributed by atoms with van der Waals surface area (Å²) in [6.45, 7) is 5.00. The number of ether oxygens (including phenoxy) is 2. The van der Waals surface area contributed by atoms with Crippen LogP contribution >= 0.6 is 0 Å². The second-order valence-corrected chi connectivity index (χ2v) is 7.99. The predicted octanol–water partition coefficient (Wildman–Crippen LogP) is 3.68. The molecule has 2 fully saturated rings. The molecular formula is C24H25NO4. The zero-order valence-corrected chi connectivity index (χ0v) is 16.6. The zero-order chi connectivity index (χ0) is 20.4. The van der Waals surface area contributed by atoms with Crippen LogP contribution in [-0.4, -0.2) is 25.6 Å². The van der Waals surface area contributed by atoms with Gasteiger partial charge in [0.25, 0.3) is 5.91 Å². The predicted molar refractivity (Wildman–Crippen MR) is 110 cm³/mol. The van der Waals surface area contributed by atoms with Gasteiger partial charge in [-0.3, -0.25) is 9.59 Å². The molecule has 0 spiro atoms. The highest BCUT2D eigenvalue weighted by molar-refractivity contribution is 5.94. The van der Waals surface area contributed by atoms with Gasteiger partial charge in [0.2, 0.25) is 0 Å². The summed E-state index contributed by atoms with van der Waals surface area (Å²) in [6, 6.07) is 15.1. The first-order valence-electron chi connectivity index (χ1n) is 9.84. The molecule has 1 aliphatic carbocycles. The molecule has 2 unspecified atom stereocenters. The smallest absolute Gasteiger partial charge is 0.313 e. The number of methoxy groups -OCH3 is 1. The van der Waals surface area contributed by atoms with Crippen LogP contribution < -0.4 is 10.1 Å². The maximum Gasteiger partial charge on any atom is 0.313 e. The van der Waals surface area contributed by atoms with E-state index in [0.717, 1.165) is 28.9 Å². The molecule has 150 valence electrons. The van der Waals surface area contributed by atoms with Gasteiger partial charge in [0.05, 0.1) is 19.1 Å². The fraction of sp³-hybridized carbons (Fsp3) is 0.333. The standard InChI is InChI=1S/C24H25NO4/c1-16-10-20-15-29-23(27)24(20,12-16)13-17-6-8-19(9-7-17)22(26)25-14-18-4-3-5-21(11-18)28-2/h3-9,11,20H,1,10,12-15H2,2H3,(H,25,26). The third-order valence-electron chi connectivity index (χ3n) is 6.03. The van der Waals surface area contributed by atoms with Crippen molar-refractivity contribution >= 4 is 11.9 Å². The van der Waals surface area contributed by atoms with Gasteiger partial charge < -0.3 is 14.8 Å². The van der Waals surface area contributed by atoms with Crippen LogP contribution in [0.4, 0.5) is 0 Å². The highest BCUT2D eigenvalue weighted by atomic mass is 16.5. The molecule has 1 saturated heterocycles. The van der Waals surface area contributed by atoms with E-state index in [0.29, 0.717) is 31.6 Å². The van der Waals surface area contributed by atoms with Gasteiger partial charge >= 0.3 is 5.97 Å². The first kappa shape index (κ1) is 19.2. The Morgan fingerprint density at radius 1 is 1.24 bits per heavy atom. The van der Waals surface area contributed by atoms with Gasteiger partial charge in [-0.25, -0.2) is 0 Å². The van der Waals surface area contributed by atoms with Crippen molar-refractivity contribution in [3.63, 3.8) is 0 Å². The number of hydrogen-bond donors (Lipinski definition) is 1. The summed E-state index contributed by atoms with van der Waals surface area (Å²) in [4.78, 5) is 24.9. The van der Waals surface area contributed by atoms with E-state index >= 15 is 0 Å². The Bertz CT molecular complexity index is 950. The molecule has 2 aliphatic rings. The summed E-state index contributed by atoms with van der Waals surface area (Å²) in [5, 5.41) is 2.93. The summed E-state index contributed by atoms with van der Waals surface area (Å²) in [5.74, 6) is 0.735. The van der Waals surface area contributed by atoms with Crippen LogP contribution in [0, 0.1) is 11.3 Å². The second kappa shape index (κ2) is 7.74. The topological polar surface area (TPSA) is 64.6 Å². The number of esters is 1. The van der Waals surface area contributed by atoms with Gasteiger partial charge in [-0.2, -0.15) is 0 Å². The molecule has 1 amide bonds. The normalized spacial score (nSPS) is 22.9. The quantitative estimate of drug-likeness (QED) is 0.603. The number of cyclic esters (lactones) is 1. The maximum absolute atomic E-state index is 12.5. The molecule has 5 nitrogen and oxygen atoms in total. The van der Waals surface area contributed by atoms with E-state index in [-0.39, 0.29) is 17.8 Å². The third-order valence-corrected chi connectivity index (χ3v) is 6.03. The molecule has 1 heterocycles. The van der Waals surface area contributed by atoms with Gasteiger partial charge in [0.15, 0.2) is 0 Å². The summed E-state index contributed by atoms with van der Waals surface area (Å²) in [6.07, 6.45) is 2.18. The van der Waals surface area contributed by atoms with Crippen molar-refractivity contribution in [1.29, 1.82) is 0 Å². The summed E-state index contributed by atoms with van der Waals surface area (Å²) >= 11 is 0. The number of carbonyl (C=O) groups is 2. The van der Waals surface area contributed by atoms with Gasteiger partial charge in [0.1, 0.15) is 5.75 Å². The Balaban J connectivity index is 1.40. The Kier molecular flexibility index (Phi) is 5.14. The average molecular weight is 391 g/mol. The fourth-order valence-electron chi connectivity index (χ4n) is 4.47. The SMILES string of the molecule is C=C1CC2COC(=O)C2(Cc2ccc(C(=O)NCc3cccc(OC)c3)cc2)C1. The van der Waals surface area contributed by atoms with E-state index in [1.165, 1.54) is 0 Å². The molecule has 1 saturated carbocycles. The van der Waals surface area contributed by atoms with Crippen molar-refractivity contribution in [3.05, 3.63) is 77.4 Å². The average Bonchev–Trinajstić information content (AvgIpc) is 3.20. The molecule has 0 radical (unpaired) electrons. The van der Waals surface area contributed by atoms with Gasteiger partial charge in [-0.1, -0.05) is 36.4 Å². The van der Waals surface area contributed by atoms with E-state index in [2.05, 4.69) is 11.9 Å². The van der Waals surface area contributed by atoms with Crippen LogP contribution in [0.3, 0.4) is 0 Å². The number of hydrogen-bond acceptors (Lipinski definition) is 4. The lowest BCUT2D eigenvalue weighted by Gasteiger charge is -2.24. The van der Waals surface area contributed by atoms with Crippen LogP contribution in [0.15, 0.2) is 60.7 Å². The molecule has 2 aromatic rings. The summed E-state index contributed by atoms with van der Waals surface area (Å²) in [7, 11) is 1.62. The third kappa shape index (κ3) is 3.77. The Labute approximate surface area is 170 Å². The maximum atomic E-state index is 12.5. The van der Waals surface area contributed by atoms with Crippen molar-refractivity contribution in [1.82, 2.24) is 5.32 Å². The van der Waals surface area contributed by atoms with Crippen LogP contribution in [0.2, 0.25) is 0 Å². The summed E-state index contributed by atoms with van der Waals surface area (Å²) in [5.41, 5.74) is 3.25. The van der Waals surface area contributed by atoms with E-state index in [4.69, 9.17) is 9.47 Å². The van der Waals surface area contributed by atoms with Crippen LogP contribution in [-0.2, 0) is 22.5 Å². The highest BCUT2D eigenvalue weighted by Crippen LogP contribution is 2.52. The number of nitrogens with one attached hydrogen (secondary N) is 1. The van der Waals surface area contributed by atoms with Crippen molar-refractivity contribution in [2.24, 2.45) is 11.3 Å². The van der Waals surface area contributed by atoms with E-state index in [1.54, 1.807) is 7.11 Å². The van der Waals surface area contributed by atoms with Gasteiger partial charge in [0, 0.05) is 18.0 Å². The highest BCUT2D eigenvalue weighted by Gasteiger charge is 2.55. The minimum Gasteiger partial charge on any atom is -0.497 e. The van der Waals surface area contributed by atoms with Crippen LogP contribution in [0.1, 0.15) is 34.3 Å². The van der Waals surface area contributed by atoms with E-state index in [1.807, 2.05) is 48.5 Å². The summed E-state index contributed by atoms with van der Waals surface area (Å²) < 4.78 is 10.5. The fourth-order valence-corrected chi connectivity index (χ4v) is 4.47. The molecule has 2 atom stereocenters. The van der Waals surface area contributed by atoms with E-state index in [9.17, 15) is 9.59 Å². The molecule has 2 aromatic carbocycles.